The van der Waals surface area contributed by atoms with Crippen LogP contribution in [0.2, 0.25) is 0 Å². The van der Waals surface area contributed by atoms with E-state index in [9.17, 15) is 9.90 Å². The van der Waals surface area contributed by atoms with E-state index in [1.54, 1.807) is 0 Å². The van der Waals surface area contributed by atoms with Crippen LogP contribution in [0.5, 0.6) is 0 Å². The predicted octanol–water partition coefficient (Wildman–Crippen LogP) is 2.42. The highest BCUT2D eigenvalue weighted by Gasteiger charge is 2.27. The number of aromatic nitrogens is 1. The third kappa shape index (κ3) is 4.07. The number of primary amides is 1. The Morgan fingerprint density at radius 1 is 1.33 bits per heavy atom. The van der Waals surface area contributed by atoms with Gasteiger partial charge in [0.05, 0.1) is 0 Å². The number of hydrogen-bond acceptors (Lipinski definition) is 4. The van der Waals surface area contributed by atoms with Gasteiger partial charge in [-0.2, -0.15) is 0 Å². The van der Waals surface area contributed by atoms with Crippen LogP contribution in [-0.4, -0.2) is 34.6 Å². The molecule has 1 saturated carbocycles. The molecule has 1 amide bonds. The number of ether oxygens (including phenoxy) is 1. The molecule has 0 unspecified atom stereocenters. The number of para-hydroxylation sites is 1. The highest BCUT2D eigenvalue weighted by molar-refractivity contribution is 5.83. The molecule has 1 aromatic heterocycles. The molecule has 5 N–H and O–H groups in total. The van der Waals surface area contributed by atoms with Gasteiger partial charge in [-0.25, -0.2) is 4.79 Å². The number of H-pyrrole nitrogens is 1. The van der Waals surface area contributed by atoms with Crippen molar-refractivity contribution in [2.75, 3.05) is 0 Å². The van der Waals surface area contributed by atoms with E-state index in [-0.39, 0.29) is 6.04 Å². The number of fused-ring (bicyclic) bond motifs is 1. The summed E-state index contributed by atoms with van der Waals surface area (Å²) < 4.78 is 5.19. The number of hydrogen-bond donors (Lipinski definition) is 4. The lowest BCUT2D eigenvalue weighted by Crippen LogP contribution is -2.49. The topological polar surface area (TPSA) is 100 Å². The Morgan fingerprint density at radius 2 is 2.08 bits per heavy atom. The van der Waals surface area contributed by atoms with Gasteiger partial charge in [0.1, 0.15) is 12.3 Å². The van der Waals surface area contributed by atoms with Gasteiger partial charge in [-0.3, -0.25) is 5.32 Å². The average molecular weight is 331 g/mol. The first-order valence-electron chi connectivity index (χ1n) is 8.58. The number of aliphatic hydroxyl groups excluding tert-OH is 1. The molecule has 0 aliphatic heterocycles. The van der Waals surface area contributed by atoms with Crippen molar-refractivity contribution in [2.45, 2.75) is 56.9 Å². The van der Waals surface area contributed by atoms with Gasteiger partial charge < -0.3 is 20.6 Å². The number of nitrogens with one attached hydrogen (secondary N) is 2. The summed E-state index contributed by atoms with van der Waals surface area (Å²) in [7, 11) is 0. The number of aromatic amines is 1. The number of carbonyl (C=O) groups excluding carboxylic acids is 1. The number of aliphatic hydroxyl groups is 1. The van der Waals surface area contributed by atoms with Crippen molar-refractivity contribution < 1.29 is 14.6 Å². The standard InChI is InChI=1S/C18H25N3O3/c19-18(23)24-16(17(22)21-13-6-2-1-3-7-13)10-12-11-20-15-9-5-4-8-14(12)15/h4-5,8-9,11,13,16-17,20-22H,1-3,6-7,10H2,(H2,19,23)/t16-,17-/m1/s1. The molecule has 2 atom stereocenters. The largest absolute Gasteiger partial charge is 0.442 e. The second kappa shape index (κ2) is 7.68. The van der Waals surface area contributed by atoms with E-state index in [2.05, 4.69) is 10.3 Å². The fraction of sp³-hybridized carbons (Fsp3) is 0.500. The highest BCUT2D eigenvalue weighted by Crippen LogP contribution is 2.22. The Kier molecular flexibility index (Phi) is 5.37. The number of nitrogens with two attached hydrogens (primary N) is 1. The highest BCUT2D eigenvalue weighted by atomic mass is 16.6. The van der Waals surface area contributed by atoms with E-state index < -0.39 is 18.4 Å². The van der Waals surface area contributed by atoms with Crippen molar-refractivity contribution in [3.8, 4) is 0 Å². The molecular formula is C18H25N3O3. The zero-order chi connectivity index (χ0) is 16.9. The van der Waals surface area contributed by atoms with Crippen LogP contribution in [0, 0.1) is 0 Å². The normalized spacial score (nSPS) is 18.4. The SMILES string of the molecule is NC(=O)O[C@H](Cc1c[nH]c2ccccc12)[C@@H](O)NC1CCCCC1. The number of rotatable bonds is 6. The molecule has 1 heterocycles. The lowest BCUT2D eigenvalue weighted by atomic mass is 9.95. The predicted molar refractivity (Wildman–Crippen MR) is 92.5 cm³/mol. The van der Waals surface area contributed by atoms with Crippen LogP contribution in [0.3, 0.4) is 0 Å². The molecule has 0 bridgehead atoms. The number of carbonyl (C=O) groups is 1. The van der Waals surface area contributed by atoms with Crippen molar-refractivity contribution in [3.05, 3.63) is 36.0 Å². The van der Waals surface area contributed by atoms with Crippen LogP contribution in [0.15, 0.2) is 30.5 Å². The van der Waals surface area contributed by atoms with E-state index in [0.29, 0.717) is 6.42 Å². The average Bonchev–Trinajstić information content (AvgIpc) is 2.98. The summed E-state index contributed by atoms with van der Waals surface area (Å²) in [5.74, 6) is 0. The summed E-state index contributed by atoms with van der Waals surface area (Å²) in [5, 5.41) is 14.8. The van der Waals surface area contributed by atoms with Gasteiger partial charge in [-0.05, 0) is 24.5 Å². The van der Waals surface area contributed by atoms with Crippen LogP contribution < -0.4 is 11.1 Å². The van der Waals surface area contributed by atoms with E-state index in [0.717, 1.165) is 42.1 Å². The Balaban J connectivity index is 1.71. The Morgan fingerprint density at radius 3 is 2.83 bits per heavy atom. The van der Waals surface area contributed by atoms with E-state index >= 15 is 0 Å². The molecular weight excluding hydrogens is 306 g/mol. The minimum absolute atomic E-state index is 0.260. The Labute approximate surface area is 141 Å². The summed E-state index contributed by atoms with van der Waals surface area (Å²) in [6.45, 7) is 0. The van der Waals surface area contributed by atoms with Gasteiger partial charge in [-0.1, -0.05) is 37.5 Å². The Hall–Kier alpha value is -2.05. The summed E-state index contributed by atoms with van der Waals surface area (Å²) in [6, 6.07) is 8.17. The smallest absolute Gasteiger partial charge is 0.404 e. The first-order valence-corrected chi connectivity index (χ1v) is 8.58. The first kappa shape index (κ1) is 16.8. The minimum atomic E-state index is -0.936. The molecule has 1 aromatic carbocycles. The Bertz CT molecular complexity index is 679. The second-order valence-electron chi connectivity index (χ2n) is 6.49. The number of benzene rings is 1. The molecule has 6 heteroatoms. The van der Waals surface area contributed by atoms with E-state index in [1.807, 2.05) is 30.5 Å². The zero-order valence-electron chi connectivity index (χ0n) is 13.7. The summed E-state index contributed by atoms with van der Waals surface area (Å²) >= 11 is 0. The van der Waals surface area contributed by atoms with Crippen molar-refractivity contribution >= 4 is 17.0 Å². The lowest BCUT2D eigenvalue weighted by Gasteiger charge is -2.29. The third-order valence-corrected chi connectivity index (χ3v) is 4.73. The van der Waals surface area contributed by atoms with Gasteiger partial charge in [0.25, 0.3) is 0 Å². The molecule has 6 nitrogen and oxygen atoms in total. The fourth-order valence-electron chi connectivity index (χ4n) is 3.50. The molecule has 1 aliphatic rings. The van der Waals surface area contributed by atoms with E-state index in [1.165, 1.54) is 6.42 Å². The summed E-state index contributed by atoms with van der Waals surface area (Å²) in [4.78, 5) is 14.4. The van der Waals surface area contributed by atoms with Crippen LogP contribution in [0.4, 0.5) is 4.79 Å². The van der Waals surface area contributed by atoms with Crippen molar-refractivity contribution in [1.82, 2.24) is 10.3 Å². The van der Waals surface area contributed by atoms with Crippen molar-refractivity contribution in [1.29, 1.82) is 0 Å². The van der Waals surface area contributed by atoms with Gasteiger partial charge in [0.15, 0.2) is 0 Å². The summed E-state index contributed by atoms with van der Waals surface area (Å²) in [5.41, 5.74) is 7.20. The van der Waals surface area contributed by atoms with Crippen molar-refractivity contribution in [2.24, 2.45) is 5.73 Å². The van der Waals surface area contributed by atoms with Crippen LogP contribution in [0.1, 0.15) is 37.7 Å². The molecule has 0 saturated heterocycles. The van der Waals surface area contributed by atoms with Crippen LogP contribution in [-0.2, 0) is 11.2 Å². The molecule has 1 aliphatic carbocycles. The fourth-order valence-corrected chi connectivity index (χ4v) is 3.50. The van der Waals surface area contributed by atoms with Crippen LogP contribution >= 0.6 is 0 Å². The molecule has 2 aromatic rings. The molecule has 1 fully saturated rings. The monoisotopic (exact) mass is 331 g/mol. The molecule has 0 spiro atoms. The second-order valence-corrected chi connectivity index (χ2v) is 6.49. The molecule has 3 rings (SSSR count). The first-order chi connectivity index (χ1) is 11.6. The summed E-state index contributed by atoms with van der Waals surface area (Å²) in [6.07, 6.45) is 5.39. The minimum Gasteiger partial charge on any atom is -0.442 e. The van der Waals surface area contributed by atoms with Gasteiger partial charge in [0, 0.05) is 29.6 Å². The van der Waals surface area contributed by atoms with Crippen molar-refractivity contribution in [3.63, 3.8) is 0 Å². The maximum Gasteiger partial charge on any atom is 0.404 e. The van der Waals surface area contributed by atoms with E-state index in [4.69, 9.17) is 10.5 Å². The van der Waals surface area contributed by atoms with Crippen LogP contribution in [0.25, 0.3) is 10.9 Å². The molecule has 130 valence electrons. The van der Waals surface area contributed by atoms with Gasteiger partial charge in [0.2, 0.25) is 0 Å². The molecule has 24 heavy (non-hydrogen) atoms. The lowest BCUT2D eigenvalue weighted by molar-refractivity contribution is -0.0193. The maximum atomic E-state index is 11.3. The molecule has 0 radical (unpaired) electrons. The van der Waals surface area contributed by atoms with Gasteiger partial charge in [-0.15, -0.1) is 0 Å². The third-order valence-electron chi connectivity index (χ3n) is 4.73. The quantitative estimate of drug-likeness (QED) is 0.611. The maximum absolute atomic E-state index is 11.3. The number of amides is 1. The van der Waals surface area contributed by atoms with Gasteiger partial charge >= 0.3 is 6.09 Å². The zero-order valence-corrected chi connectivity index (χ0v) is 13.7.